The second kappa shape index (κ2) is 8.35. The maximum atomic E-state index is 11.8. The van der Waals surface area contributed by atoms with Crippen molar-refractivity contribution in [2.75, 3.05) is 0 Å². The molecule has 4 aliphatic rings. The molecule has 5 rings (SSSR count). The minimum Gasteiger partial charge on any atom is -0.393 e. The standard InChI is InChI=1S/C30H46O3/c1-19-5-7-20(8-6-19)17-27(32)30(4,33)26-12-11-24-23-10-9-21-18-22(31)13-15-28(21,2)25(23)14-16-29(24,26)3/h5-8,21-27,31-33H,9-18H2,1-4H3/t21-,22-,23-,24-,25-,26-,27+,28-,29-,30-/m0/s1. The zero-order valence-corrected chi connectivity index (χ0v) is 21.3. The summed E-state index contributed by atoms with van der Waals surface area (Å²) >= 11 is 0. The molecule has 1 aromatic rings. The highest BCUT2D eigenvalue weighted by Gasteiger charge is 2.63. The van der Waals surface area contributed by atoms with Gasteiger partial charge in [-0.05, 0) is 118 Å². The SMILES string of the molecule is Cc1ccc(C[C@@H](O)[C@@](C)(O)[C@H]2CC[C@H]3[C@@H]4CC[C@H]5C[C@@H](O)CC[C@]5(C)[C@H]4CC[C@]23C)cc1. The maximum absolute atomic E-state index is 11.8. The van der Waals surface area contributed by atoms with Gasteiger partial charge in [0.2, 0.25) is 0 Å². The third-order valence-corrected chi connectivity index (χ3v) is 11.6. The number of aliphatic hydroxyl groups is 3. The Bertz CT molecular complexity index is 847. The van der Waals surface area contributed by atoms with Gasteiger partial charge in [0.25, 0.3) is 0 Å². The minimum absolute atomic E-state index is 0.0885. The van der Waals surface area contributed by atoms with Gasteiger partial charge in [0.1, 0.15) is 0 Å². The van der Waals surface area contributed by atoms with E-state index >= 15 is 0 Å². The van der Waals surface area contributed by atoms with Crippen molar-refractivity contribution in [2.45, 2.75) is 110 Å². The van der Waals surface area contributed by atoms with Crippen LogP contribution in [0.15, 0.2) is 24.3 Å². The Morgan fingerprint density at radius 2 is 1.61 bits per heavy atom. The molecule has 4 saturated carbocycles. The summed E-state index contributed by atoms with van der Waals surface area (Å²) in [6.07, 6.45) is 10.0. The molecule has 184 valence electrons. The van der Waals surface area contributed by atoms with Gasteiger partial charge in [-0.3, -0.25) is 0 Å². The van der Waals surface area contributed by atoms with E-state index in [-0.39, 0.29) is 17.4 Å². The molecule has 0 aromatic heterocycles. The largest absolute Gasteiger partial charge is 0.393 e. The average Bonchev–Trinajstić information content (AvgIpc) is 3.14. The summed E-state index contributed by atoms with van der Waals surface area (Å²) in [5, 5.41) is 33.3. The van der Waals surface area contributed by atoms with Gasteiger partial charge in [-0.1, -0.05) is 43.7 Å². The molecule has 0 spiro atoms. The molecule has 0 radical (unpaired) electrons. The van der Waals surface area contributed by atoms with Crippen molar-refractivity contribution < 1.29 is 15.3 Å². The summed E-state index contributed by atoms with van der Waals surface area (Å²) in [6.45, 7) is 8.97. The van der Waals surface area contributed by atoms with Crippen LogP contribution in [0.25, 0.3) is 0 Å². The van der Waals surface area contributed by atoms with Crippen LogP contribution in [0.2, 0.25) is 0 Å². The lowest BCUT2D eigenvalue weighted by molar-refractivity contribution is -0.165. The lowest BCUT2D eigenvalue weighted by atomic mass is 9.44. The summed E-state index contributed by atoms with van der Waals surface area (Å²) in [5.41, 5.74) is 1.74. The molecule has 0 unspecified atom stereocenters. The number of rotatable bonds is 4. The van der Waals surface area contributed by atoms with Gasteiger partial charge >= 0.3 is 0 Å². The van der Waals surface area contributed by atoms with Gasteiger partial charge in [-0.2, -0.15) is 0 Å². The molecule has 1 aromatic carbocycles. The van der Waals surface area contributed by atoms with E-state index in [0.29, 0.717) is 23.7 Å². The first-order valence-corrected chi connectivity index (χ1v) is 13.7. The Morgan fingerprint density at radius 1 is 0.939 bits per heavy atom. The van der Waals surface area contributed by atoms with Crippen LogP contribution in [0.4, 0.5) is 0 Å². The van der Waals surface area contributed by atoms with Crippen LogP contribution in [0.1, 0.15) is 89.7 Å². The number of benzene rings is 1. The van der Waals surface area contributed by atoms with E-state index in [0.717, 1.165) is 36.7 Å². The number of hydrogen-bond acceptors (Lipinski definition) is 3. The summed E-state index contributed by atoms with van der Waals surface area (Å²) in [5.74, 6) is 3.00. The van der Waals surface area contributed by atoms with E-state index in [1.54, 1.807) is 0 Å². The molecule has 0 aliphatic heterocycles. The molecular weight excluding hydrogens is 408 g/mol. The number of hydrogen-bond donors (Lipinski definition) is 3. The minimum atomic E-state index is -1.07. The lowest BCUT2D eigenvalue weighted by Gasteiger charge is -2.61. The van der Waals surface area contributed by atoms with Crippen molar-refractivity contribution in [3.05, 3.63) is 35.4 Å². The van der Waals surface area contributed by atoms with Crippen molar-refractivity contribution in [1.29, 1.82) is 0 Å². The van der Waals surface area contributed by atoms with Crippen LogP contribution in [-0.2, 0) is 6.42 Å². The van der Waals surface area contributed by atoms with Crippen molar-refractivity contribution in [2.24, 2.45) is 40.4 Å². The van der Waals surface area contributed by atoms with Gasteiger partial charge in [-0.25, -0.2) is 0 Å². The quantitative estimate of drug-likeness (QED) is 0.549. The number of fused-ring (bicyclic) bond motifs is 5. The van der Waals surface area contributed by atoms with Crippen LogP contribution < -0.4 is 0 Å². The van der Waals surface area contributed by atoms with Crippen LogP contribution >= 0.6 is 0 Å². The Labute approximate surface area is 201 Å². The molecule has 33 heavy (non-hydrogen) atoms. The zero-order valence-electron chi connectivity index (χ0n) is 21.3. The normalized spacial score (nSPS) is 45.4. The second-order valence-electron chi connectivity index (χ2n) is 13.2. The highest BCUT2D eigenvalue weighted by atomic mass is 16.3. The number of aryl methyl sites for hydroxylation is 1. The van der Waals surface area contributed by atoms with Crippen LogP contribution in [-0.4, -0.2) is 33.1 Å². The van der Waals surface area contributed by atoms with E-state index in [1.807, 2.05) is 6.92 Å². The van der Waals surface area contributed by atoms with E-state index in [2.05, 4.69) is 45.0 Å². The summed E-state index contributed by atoms with van der Waals surface area (Å²) in [7, 11) is 0. The molecule has 3 heteroatoms. The van der Waals surface area contributed by atoms with Crippen molar-refractivity contribution in [1.82, 2.24) is 0 Å². The molecule has 0 bridgehead atoms. The molecule has 3 N–H and O–H groups in total. The first kappa shape index (κ1) is 23.8. The number of aliphatic hydroxyl groups excluding tert-OH is 2. The molecule has 4 fully saturated rings. The monoisotopic (exact) mass is 454 g/mol. The molecule has 10 atom stereocenters. The van der Waals surface area contributed by atoms with E-state index in [1.165, 1.54) is 44.1 Å². The molecular formula is C30H46O3. The Morgan fingerprint density at radius 3 is 2.33 bits per heavy atom. The Kier molecular flexibility index (Phi) is 6.03. The van der Waals surface area contributed by atoms with Gasteiger partial charge in [-0.15, -0.1) is 0 Å². The fourth-order valence-electron chi connectivity index (χ4n) is 9.58. The second-order valence-corrected chi connectivity index (χ2v) is 13.2. The van der Waals surface area contributed by atoms with E-state index in [9.17, 15) is 15.3 Å². The Hall–Kier alpha value is -0.900. The predicted molar refractivity (Wildman–Crippen MR) is 133 cm³/mol. The predicted octanol–water partition coefficient (Wildman–Crippen LogP) is 5.67. The highest BCUT2D eigenvalue weighted by Crippen LogP contribution is 2.68. The molecule has 0 heterocycles. The summed E-state index contributed by atoms with van der Waals surface area (Å²) in [6, 6.07) is 8.34. The third-order valence-electron chi connectivity index (χ3n) is 11.6. The molecule has 0 saturated heterocycles. The molecule has 4 aliphatic carbocycles. The topological polar surface area (TPSA) is 60.7 Å². The highest BCUT2D eigenvalue weighted by molar-refractivity contribution is 5.23. The third kappa shape index (κ3) is 3.81. The van der Waals surface area contributed by atoms with Crippen LogP contribution in [0, 0.1) is 47.3 Å². The fourth-order valence-corrected chi connectivity index (χ4v) is 9.58. The van der Waals surface area contributed by atoms with Gasteiger partial charge in [0.15, 0.2) is 0 Å². The lowest BCUT2D eigenvalue weighted by Crippen LogP contribution is -2.57. The van der Waals surface area contributed by atoms with Crippen molar-refractivity contribution >= 4 is 0 Å². The van der Waals surface area contributed by atoms with E-state index in [4.69, 9.17) is 0 Å². The fraction of sp³-hybridized carbons (Fsp3) is 0.800. The molecule has 3 nitrogen and oxygen atoms in total. The Balaban J connectivity index is 1.34. The average molecular weight is 455 g/mol. The van der Waals surface area contributed by atoms with Gasteiger partial charge < -0.3 is 15.3 Å². The smallest absolute Gasteiger partial charge is 0.0914 e. The van der Waals surface area contributed by atoms with Gasteiger partial charge in [0, 0.05) is 6.42 Å². The maximum Gasteiger partial charge on any atom is 0.0914 e. The first-order valence-electron chi connectivity index (χ1n) is 13.7. The van der Waals surface area contributed by atoms with Crippen LogP contribution in [0.3, 0.4) is 0 Å². The first-order chi connectivity index (χ1) is 15.6. The molecule has 0 amide bonds. The summed E-state index contributed by atoms with van der Waals surface area (Å²) < 4.78 is 0. The van der Waals surface area contributed by atoms with E-state index < -0.39 is 11.7 Å². The summed E-state index contributed by atoms with van der Waals surface area (Å²) in [4.78, 5) is 0. The van der Waals surface area contributed by atoms with Gasteiger partial charge in [0.05, 0.1) is 17.8 Å². The van der Waals surface area contributed by atoms with Crippen molar-refractivity contribution in [3.63, 3.8) is 0 Å². The van der Waals surface area contributed by atoms with Crippen molar-refractivity contribution in [3.8, 4) is 0 Å². The van der Waals surface area contributed by atoms with Crippen LogP contribution in [0.5, 0.6) is 0 Å². The zero-order chi connectivity index (χ0) is 23.6.